The highest BCUT2D eigenvalue weighted by atomic mass is 19.1. The summed E-state index contributed by atoms with van der Waals surface area (Å²) in [6.45, 7) is 2.69. The molecular weight excluding hydrogens is 247 g/mol. The minimum Gasteiger partial charge on any atom is -0.310 e. The van der Waals surface area contributed by atoms with Crippen molar-refractivity contribution in [3.63, 3.8) is 0 Å². The van der Waals surface area contributed by atoms with E-state index in [1.807, 2.05) is 0 Å². The Bertz CT molecular complexity index is 461. The van der Waals surface area contributed by atoms with E-state index in [-0.39, 0.29) is 0 Å². The number of rotatable bonds is 7. The van der Waals surface area contributed by atoms with Crippen molar-refractivity contribution in [2.24, 2.45) is 5.92 Å². The average molecular weight is 266 g/mol. The molecule has 2 rings (SSSR count). The molecule has 1 N–H and O–H groups in total. The molecule has 1 aliphatic carbocycles. The number of nitro groups is 1. The summed E-state index contributed by atoms with van der Waals surface area (Å²) < 4.78 is 13.5. The average Bonchev–Trinajstić information content (AvgIpc) is 3.18. The number of halogens is 1. The second-order valence-electron chi connectivity index (χ2n) is 5.21. The highest BCUT2D eigenvalue weighted by Gasteiger charge is 2.24. The predicted octanol–water partition coefficient (Wildman–Crippen LogP) is 3.40. The fourth-order valence-electron chi connectivity index (χ4n) is 2.22. The van der Waals surface area contributed by atoms with Gasteiger partial charge in [0, 0.05) is 18.7 Å². The first-order valence-corrected chi connectivity index (χ1v) is 6.76. The SMILES string of the molecule is CCC(CC1CC1)NCc1ccc([N+](=O)[O-])c(F)c1. The van der Waals surface area contributed by atoms with E-state index in [0.29, 0.717) is 12.6 Å². The van der Waals surface area contributed by atoms with Gasteiger partial charge in [-0.3, -0.25) is 10.1 Å². The lowest BCUT2D eigenvalue weighted by Gasteiger charge is -2.16. The van der Waals surface area contributed by atoms with Gasteiger partial charge in [-0.05, 0) is 30.4 Å². The van der Waals surface area contributed by atoms with Crippen molar-refractivity contribution in [2.75, 3.05) is 0 Å². The topological polar surface area (TPSA) is 55.2 Å². The predicted molar refractivity (Wildman–Crippen MR) is 71.3 cm³/mol. The summed E-state index contributed by atoms with van der Waals surface area (Å²) in [7, 11) is 0. The maximum Gasteiger partial charge on any atom is 0.304 e. The van der Waals surface area contributed by atoms with Crippen LogP contribution in [0.4, 0.5) is 10.1 Å². The Morgan fingerprint density at radius 2 is 2.26 bits per heavy atom. The van der Waals surface area contributed by atoms with E-state index >= 15 is 0 Å². The molecule has 0 aliphatic heterocycles. The van der Waals surface area contributed by atoms with Crippen LogP contribution in [0.5, 0.6) is 0 Å². The first-order valence-electron chi connectivity index (χ1n) is 6.76. The third-order valence-electron chi connectivity index (χ3n) is 3.61. The summed E-state index contributed by atoms with van der Waals surface area (Å²) in [5.74, 6) is 0.0885. The molecule has 0 heterocycles. The molecule has 4 nitrogen and oxygen atoms in total. The molecule has 0 amide bonds. The van der Waals surface area contributed by atoms with Crippen LogP contribution in [0.15, 0.2) is 18.2 Å². The van der Waals surface area contributed by atoms with Crippen LogP contribution in [-0.2, 0) is 6.54 Å². The summed E-state index contributed by atoms with van der Waals surface area (Å²) in [5, 5.41) is 13.9. The largest absolute Gasteiger partial charge is 0.310 e. The first kappa shape index (κ1) is 13.9. The fourth-order valence-corrected chi connectivity index (χ4v) is 2.22. The van der Waals surface area contributed by atoms with Gasteiger partial charge < -0.3 is 5.32 Å². The lowest BCUT2D eigenvalue weighted by molar-refractivity contribution is -0.387. The number of hydrogen-bond acceptors (Lipinski definition) is 3. The van der Waals surface area contributed by atoms with Crippen molar-refractivity contribution in [2.45, 2.75) is 45.2 Å². The third-order valence-corrected chi connectivity index (χ3v) is 3.61. The summed E-state index contributed by atoms with van der Waals surface area (Å²) >= 11 is 0. The van der Waals surface area contributed by atoms with Crippen LogP contribution in [0, 0.1) is 21.8 Å². The molecule has 19 heavy (non-hydrogen) atoms. The van der Waals surface area contributed by atoms with Crippen LogP contribution in [0.1, 0.15) is 38.2 Å². The molecule has 5 heteroatoms. The molecule has 0 aromatic heterocycles. The first-order chi connectivity index (χ1) is 9.10. The van der Waals surface area contributed by atoms with Gasteiger partial charge in [0.1, 0.15) is 0 Å². The van der Waals surface area contributed by atoms with Crippen molar-refractivity contribution in [1.82, 2.24) is 5.32 Å². The van der Waals surface area contributed by atoms with Crippen LogP contribution < -0.4 is 5.32 Å². The molecule has 1 saturated carbocycles. The summed E-state index contributed by atoms with van der Waals surface area (Å²) in [5.41, 5.74) is 0.283. The monoisotopic (exact) mass is 266 g/mol. The Kier molecular flexibility index (Phi) is 4.47. The van der Waals surface area contributed by atoms with E-state index in [1.54, 1.807) is 6.07 Å². The molecule has 1 unspecified atom stereocenters. The van der Waals surface area contributed by atoms with E-state index in [9.17, 15) is 14.5 Å². The number of hydrogen-bond donors (Lipinski definition) is 1. The Labute approximate surface area is 112 Å². The van der Waals surface area contributed by atoms with Gasteiger partial charge in [-0.2, -0.15) is 4.39 Å². The standard InChI is InChI=1S/C14H19FN2O2/c1-2-12(7-10-3-4-10)16-9-11-5-6-14(17(18)19)13(15)8-11/h5-6,8,10,12,16H,2-4,7,9H2,1H3. The normalized spacial score (nSPS) is 16.3. The summed E-state index contributed by atoms with van der Waals surface area (Å²) in [4.78, 5) is 9.82. The van der Waals surface area contributed by atoms with Gasteiger partial charge in [0.15, 0.2) is 0 Å². The molecule has 0 bridgehead atoms. The Hall–Kier alpha value is -1.49. The van der Waals surface area contributed by atoms with Gasteiger partial charge in [-0.1, -0.05) is 25.8 Å². The van der Waals surface area contributed by atoms with Crippen molar-refractivity contribution < 1.29 is 9.31 Å². The quantitative estimate of drug-likeness (QED) is 0.608. The Balaban J connectivity index is 1.91. The maximum absolute atomic E-state index is 13.5. The van der Waals surface area contributed by atoms with Gasteiger partial charge in [-0.25, -0.2) is 0 Å². The smallest absolute Gasteiger partial charge is 0.304 e. The Morgan fingerprint density at radius 3 is 2.79 bits per heavy atom. The lowest BCUT2D eigenvalue weighted by atomic mass is 10.1. The zero-order valence-corrected chi connectivity index (χ0v) is 11.1. The second-order valence-corrected chi connectivity index (χ2v) is 5.21. The van der Waals surface area contributed by atoms with Crippen LogP contribution in [-0.4, -0.2) is 11.0 Å². The second kappa shape index (κ2) is 6.10. The van der Waals surface area contributed by atoms with E-state index in [4.69, 9.17) is 0 Å². The zero-order chi connectivity index (χ0) is 13.8. The number of nitrogens with zero attached hydrogens (tertiary/aromatic N) is 1. The molecule has 1 fully saturated rings. The fraction of sp³-hybridized carbons (Fsp3) is 0.571. The van der Waals surface area contributed by atoms with Crippen molar-refractivity contribution >= 4 is 5.69 Å². The molecule has 0 spiro atoms. The van der Waals surface area contributed by atoms with Gasteiger partial charge >= 0.3 is 5.69 Å². The molecule has 1 aromatic carbocycles. The third kappa shape index (κ3) is 3.99. The molecule has 0 saturated heterocycles. The van der Waals surface area contributed by atoms with E-state index < -0.39 is 16.4 Å². The Morgan fingerprint density at radius 1 is 1.53 bits per heavy atom. The van der Waals surface area contributed by atoms with Gasteiger partial charge in [0.05, 0.1) is 4.92 Å². The van der Waals surface area contributed by atoms with Gasteiger partial charge in [-0.15, -0.1) is 0 Å². The molecule has 0 radical (unpaired) electrons. The minimum absolute atomic E-state index is 0.450. The zero-order valence-electron chi connectivity index (χ0n) is 11.1. The van der Waals surface area contributed by atoms with E-state index in [0.717, 1.165) is 17.9 Å². The molecular formula is C14H19FN2O2. The minimum atomic E-state index is -0.764. The highest BCUT2D eigenvalue weighted by Crippen LogP contribution is 2.34. The van der Waals surface area contributed by atoms with Gasteiger partial charge in [0.2, 0.25) is 5.82 Å². The van der Waals surface area contributed by atoms with E-state index in [2.05, 4.69) is 12.2 Å². The molecule has 1 atom stereocenters. The number of nitro benzene ring substituents is 1. The summed E-state index contributed by atoms with van der Waals surface area (Å²) in [6.07, 6.45) is 4.87. The molecule has 104 valence electrons. The van der Waals surface area contributed by atoms with E-state index in [1.165, 1.54) is 31.4 Å². The van der Waals surface area contributed by atoms with Crippen LogP contribution in [0.2, 0.25) is 0 Å². The summed E-state index contributed by atoms with van der Waals surface area (Å²) in [6, 6.07) is 4.53. The van der Waals surface area contributed by atoms with Crippen LogP contribution >= 0.6 is 0 Å². The maximum atomic E-state index is 13.5. The van der Waals surface area contributed by atoms with Gasteiger partial charge in [0.25, 0.3) is 0 Å². The number of benzene rings is 1. The van der Waals surface area contributed by atoms with Crippen LogP contribution in [0.25, 0.3) is 0 Å². The van der Waals surface area contributed by atoms with Crippen molar-refractivity contribution in [3.8, 4) is 0 Å². The van der Waals surface area contributed by atoms with Crippen LogP contribution in [0.3, 0.4) is 0 Å². The lowest BCUT2D eigenvalue weighted by Crippen LogP contribution is -2.28. The van der Waals surface area contributed by atoms with Crippen molar-refractivity contribution in [1.29, 1.82) is 0 Å². The van der Waals surface area contributed by atoms with Crippen molar-refractivity contribution in [3.05, 3.63) is 39.7 Å². The highest BCUT2D eigenvalue weighted by molar-refractivity contribution is 5.34. The number of nitrogens with one attached hydrogen (secondary N) is 1. The molecule has 1 aromatic rings. The molecule has 1 aliphatic rings.